The van der Waals surface area contributed by atoms with Crippen LogP contribution in [0.4, 0.5) is 13.2 Å². The molecule has 0 unspecified atom stereocenters. The molecule has 0 saturated heterocycles. The third kappa shape index (κ3) is 4.73. The maximum Gasteiger partial charge on any atom is 0.247 e. The second-order valence-electron chi connectivity index (χ2n) is 9.42. The van der Waals surface area contributed by atoms with Crippen LogP contribution in [0.1, 0.15) is 42.5 Å². The summed E-state index contributed by atoms with van der Waals surface area (Å²) in [5, 5.41) is -0.525. The highest BCUT2D eigenvalue weighted by molar-refractivity contribution is 7.90. The van der Waals surface area contributed by atoms with E-state index in [4.69, 9.17) is 4.74 Å². The first-order chi connectivity index (χ1) is 18.3. The van der Waals surface area contributed by atoms with Gasteiger partial charge in [0.25, 0.3) is 0 Å². The number of sulfone groups is 2. The first-order valence-electron chi connectivity index (χ1n) is 11.8. The van der Waals surface area contributed by atoms with Crippen molar-refractivity contribution in [1.82, 2.24) is 9.97 Å². The van der Waals surface area contributed by atoms with Crippen molar-refractivity contribution in [2.45, 2.75) is 47.1 Å². The van der Waals surface area contributed by atoms with E-state index in [1.165, 1.54) is 24.4 Å². The zero-order valence-corrected chi connectivity index (χ0v) is 22.1. The topological polar surface area (TPSA) is 120 Å². The van der Waals surface area contributed by atoms with Crippen LogP contribution in [0.25, 0.3) is 11.3 Å². The molecule has 2 heterocycles. The summed E-state index contributed by atoms with van der Waals surface area (Å²) in [6.07, 6.45) is 4.08. The van der Waals surface area contributed by atoms with Gasteiger partial charge in [-0.15, -0.1) is 0 Å². The number of rotatable bonds is 6. The molecule has 204 valence electrons. The highest BCUT2D eigenvalue weighted by atomic mass is 32.2. The molecule has 3 aromatic rings. The summed E-state index contributed by atoms with van der Waals surface area (Å²) in [4.78, 5) is 20.3. The maximum atomic E-state index is 16.0. The molecule has 1 spiro atoms. The van der Waals surface area contributed by atoms with Crippen molar-refractivity contribution in [3.8, 4) is 0 Å². The summed E-state index contributed by atoms with van der Waals surface area (Å²) in [5.41, 5.74) is -2.33. The van der Waals surface area contributed by atoms with Crippen molar-refractivity contribution in [2.75, 3.05) is 6.26 Å². The molecule has 1 saturated carbocycles. The molecule has 5 rings (SSSR count). The van der Waals surface area contributed by atoms with Gasteiger partial charge in [0.15, 0.2) is 21.2 Å². The molecule has 0 atom stereocenters. The lowest BCUT2D eigenvalue weighted by molar-refractivity contribution is -0.127. The molecule has 0 amide bonds. The second kappa shape index (κ2) is 9.56. The van der Waals surface area contributed by atoms with E-state index in [1.807, 2.05) is 0 Å². The molecule has 1 aliphatic carbocycles. The van der Waals surface area contributed by atoms with Gasteiger partial charge in [-0.25, -0.2) is 40.0 Å². The van der Waals surface area contributed by atoms with Crippen LogP contribution in [0.5, 0.6) is 0 Å². The number of Topliss-reactive ketones (excluding diaryl/α,β-unsaturated/α-hetero) is 1. The Morgan fingerprint density at radius 2 is 1.59 bits per heavy atom. The van der Waals surface area contributed by atoms with Crippen molar-refractivity contribution in [3.63, 3.8) is 0 Å². The molecule has 2 aliphatic rings. The SMILES string of the molecule is CS(=O)(=O)c1nccc(C2=C(c3cccc(CS(=O)(=O)c4c(F)cccc4F)c3F)C(=O)C3(CCCC3)O2)n1. The Morgan fingerprint density at radius 3 is 2.23 bits per heavy atom. The minimum absolute atomic E-state index is 0.0663. The molecule has 0 bridgehead atoms. The molecule has 8 nitrogen and oxygen atoms in total. The van der Waals surface area contributed by atoms with Crippen molar-refractivity contribution in [1.29, 1.82) is 0 Å². The minimum atomic E-state index is -4.67. The van der Waals surface area contributed by atoms with E-state index in [9.17, 15) is 30.4 Å². The fourth-order valence-corrected chi connectivity index (χ4v) is 6.93. The Balaban J connectivity index is 1.66. The quantitative estimate of drug-likeness (QED) is 0.402. The number of aromatic nitrogens is 2. The van der Waals surface area contributed by atoms with Gasteiger partial charge < -0.3 is 4.74 Å². The largest absolute Gasteiger partial charge is 0.476 e. The van der Waals surface area contributed by atoms with Gasteiger partial charge in [0.05, 0.1) is 11.3 Å². The van der Waals surface area contributed by atoms with Crippen LogP contribution in [-0.4, -0.2) is 44.4 Å². The Labute approximate surface area is 222 Å². The van der Waals surface area contributed by atoms with E-state index >= 15 is 4.39 Å². The molecule has 13 heteroatoms. The molecule has 0 radical (unpaired) electrons. The molecule has 0 N–H and O–H groups in total. The fourth-order valence-electron chi connectivity index (χ4n) is 4.91. The van der Waals surface area contributed by atoms with Gasteiger partial charge in [0.1, 0.15) is 28.0 Å². The zero-order valence-electron chi connectivity index (χ0n) is 20.4. The van der Waals surface area contributed by atoms with E-state index < -0.39 is 69.9 Å². The van der Waals surface area contributed by atoms with Crippen LogP contribution in [0.2, 0.25) is 0 Å². The standard InChI is InChI=1S/C26H21F3N2O6S2/c1-38(33,34)25-30-13-10-19(31-25)22-20(24(32)26(37-22)11-2-3-12-26)16-7-4-6-15(21(16)29)14-39(35,36)23-17(27)8-5-9-18(23)28/h4-10,13H,2-3,11-12,14H2,1H3. The average Bonchev–Trinajstić information content (AvgIpc) is 3.45. The van der Waals surface area contributed by atoms with E-state index in [2.05, 4.69) is 9.97 Å². The lowest BCUT2D eigenvalue weighted by atomic mass is 9.88. The number of carbonyl (C=O) groups excluding carboxylic acids is 1. The lowest BCUT2D eigenvalue weighted by Gasteiger charge is -2.22. The molecule has 2 aromatic carbocycles. The first kappa shape index (κ1) is 27.0. The van der Waals surface area contributed by atoms with Crippen LogP contribution in [0, 0.1) is 17.5 Å². The van der Waals surface area contributed by atoms with Gasteiger partial charge in [-0.2, -0.15) is 0 Å². The van der Waals surface area contributed by atoms with Crippen molar-refractivity contribution >= 4 is 36.8 Å². The van der Waals surface area contributed by atoms with Gasteiger partial charge in [-0.1, -0.05) is 24.3 Å². The predicted molar refractivity (Wildman–Crippen MR) is 133 cm³/mol. The van der Waals surface area contributed by atoms with E-state index in [0.717, 1.165) is 30.5 Å². The molecule has 1 aliphatic heterocycles. The average molecular weight is 579 g/mol. The van der Waals surface area contributed by atoms with Gasteiger partial charge >= 0.3 is 0 Å². The van der Waals surface area contributed by atoms with Crippen LogP contribution < -0.4 is 0 Å². The normalized spacial score (nSPS) is 17.2. The number of ether oxygens (including phenoxy) is 1. The van der Waals surface area contributed by atoms with Crippen LogP contribution >= 0.6 is 0 Å². The lowest BCUT2D eigenvalue weighted by Crippen LogP contribution is -2.33. The monoisotopic (exact) mass is 578 g/mol. The summed E-state index contributed by atoms with van der Waals surface area (Å²) >= 11 is 0. The highest BCUT2D eigenvalue weighted by Crippen LogP contribution is 2.49. The predicted octanol–water partition coefficient (Wildman–Crippen LogP) is 4.05. The van der Waals surface area contributed by atoms with Crippen molar-refractivity contribution in [3.05, 3.63) is 82.9 Å². The Bertz CT molecular complexity index is 1750. The maximum absolute atomic E-state index is 16.0. The summed E-state index contributed by atoms with van der Waals surface area (Å²) in [6, 6.07) is 7.57. The van der Waals surface area contributed by atoms with E-state index in [1.54, 1.807) is 0 Å². The number of benzene rings is 2. The van der Waals surface area contributed by atoms with E-state index in [0.29, 0.717) is 25.7 Å². The van der Waals surface area contributed by atoms with Gasteiger partial charge in [-0.05, 0) is 43.9 Å². The third-order valence-corrected chi connectivity index (χ3v) is 9.26. The van der Waals surface area contributed by atoms with Crippen LogP contribution in [0.15, 0.2) is 58.7 Å². The number of nitrogens with zero attached hydrogens (tertiary/aromatic N) is 2. The molecule has 1 aromatic heterocycles. The Hall–Kier alpha value is -3.58. The van der Waals surface area contributed by atoms with Gasteiger partial charge in [0.2, 0.25) is 20.8 Å². The summed E-state index contributed by atoms with van der Waals surface area (Å²) in [7, 11) is -8.50. The molecule has 1 fully saturated rings. The number of ketones is 1. The summed E-state index contributed by atoms with van der Waals surface area (Å²) < 4.78 is 100. The van der Waals surface area contributed by atoms with Crippen molar-refractivity contribution in [2.24, 2.45) is 0 Å². The number of hydrogen-bond donors (Lipinski definition) is 0. The minimum Gasteiger partial charge on any atom is -0.476 e. The summed E-state index contributed by atoms with van der Waals surface area (Å²) in [5.74, 6) is -5.52. The summed E-state index contributed by atoms with van der Waals surface area (Å²) in [6.45, 7) is 0. The molecule has 39 heavy (non-hydrogen) atoms. The van der Waals surface area contributed by atoms with Crippen LogP contribution in [-0.2, 0) is 35.0 Å². The Morgan fingerprint density at radius 1 is 0.949 bits per heavy atom. The van der Waals surface area contributed by atoms with Crippen molar-refractivity contribution < 1.29 is 39.5 Å². The first-order valence-corrected chi connectivity index (χ1v) is 15.3. The fraction of sp³-hybridized carbons (Fsp3) is 0.269. The van der Waals surface area contributed by atoms with Crippen LogP contribution in [0.3, 0.4) is 0 Å². The number of halogens is 3. The second-order valence-corrected chi connectivity index (χ2v) is 13.3. The number of hydrogen-bond acceptors (Lipinski definition) is 8. The van der Waals surface area contributed by atoms with Gasteiger partial charge in [0, 0.05) is 23.6 Å². The highest BCUT2D eigenvalue weighted by Gasteiger charge is 2.52. The Kier molecular flexibility index (Phi) is 6.62. The zero-order chi connectivity index (χ0) is 28.2. The molecular formula is C26H21F3N2O6S2. The van der Waals surface area contributed by atoms with E-state index in [-0.39, 0.29) is 22.6 Å². The molecular weight excluding hydrogens is 557 g/mol. The van der Waals surface area contributed by atoms with Gasteiger partial charge in [-0.3, -0.25) is 4.79 Å². The smallest absolute Gasteiger partial charge is 0.247 e. The third-order valence-electron chi connectivity index (χ3n) is 6.70. The number of carbonyl (C=O) groups is 1.